The summed E-state index contributed by atoms with van der Waals surface area (Å²) in [7, 11) is 0. The molecule has 0 bridgehead atoms. The molecular weight excluding hydrogens is 366 g/mol. The van der Waals surface area contributed by atoms with Gasteiger partial charge < -0.3 is 15.1 Å². The van der Waals surface area contributed by atoms with Gasteiger partial charge in [-0.2, -0.15) is 0 Å². The summed E-state index contributed by atoms with van der Waals surface area (Å²) in [5.74, 6) is -0.246. The number of rotatable bonds is 5. The van der Waals surface area contributed by atoms with Crippen molar-refractivity contribution in [3.63, 3.8) is 0 Å². The molecule has 0 radical (unpaired) electrons. The fraction of sp³-hybridized carbons (Fsp3) is 0.318. The normalized spacial score (nSPS) is 14.9. The Hall–Kier alpha value is -3.19. The second kappa shape index (κ2) is 8.45. The van der Waals surface area contributed by atoms with Crippen molar-refractivity contribution in [3.05, 3.63) is 65.2 Å². The number of hydrogen-bond acceptors (Lipinski definition) is 5. The van der Waals surface area contributed by atoms with Crippen LogP contribution in [-0.4, -0.2) is 53.1 Å². The number of nitrogens with one attached hydrogen (secondary N) is 1. The van der Waals surface area contributed by atoms with E-state index in [1.54, 1.807) is 18.2 Å². The molecule has 1 aromatic heterocycles. The Morgan fingerprint density at radius 2 is 1.76 bits per heavy atom. The highest BCUT2D eigenvalue weighted by Gasteiger charge is 2.19. The average molecular weight is 391 g/mol. The van der Waals surface area contributed by atoms with Gasteiger partial charge in [-0.25, -0.2) is 4.98 Å². The lowest BCUT2D eigenvalue weighted by molar-refractivity contribution is -0.116. The van der Waals surface area contributed by atoms with E-state index in [9.17, 15) is 9.59 Å². The van der Waals surface area contributed by atoms with Crippen LogP contribution in [0.3, 0.4) is 0 Å². The maximum atomic E-state index is 12.7. The van der Waals surface area contributed by atoms with Crippen molar-refractivity contribution >= 4 is 28.2 Å². The molecule has 0 unspecified atom stereocenters. The van der Waals surface area contributed by atoms with Gasteiger partial charge in [-0.05, 0) is 30.8 Å². The van der Waals surface area contributed by atoms with E-state index in [1.165, 1.54) is 10.9 Å². The summed E-state index contributed by atoms with van der Waals surface area (Å²) >= 11 is 0. The fourth-order valence-electron chi connectivity index (χ4n) is 3.72. The quantitative estimate of drug-likeness (QED) is 0.722. The highest BCUT2D eigenvalue weighted by Crippen LogP contribution is 2.26. The Labute approximate surface area is 169 Å². The molecule has 1 aliphatic rings. The zero-order valence-corrected chi connectivity index (χ0v) is 16.5. The lowest BCUT2D eigenvalue weighted by atomic mass is 10.2. The van der Waals surface area contributed by atoms with Crippen LogP contribution in [0, 0.1) is 0 Å². The van der Waals surface area contributed by atoms with E-state index in [2.05, 4.69) is 27.0 Å². The van der Waals surface area contributed by atoms with Crippen molar-refractivity contribution in [2.24, 2.45) is 0 Å². The van der Waals surface area contributed by atoms with Gasteiger partial charge in [0, 0.05) is 26.2 Å². The predicted molar refractivity (Wildman–Crippen MR) is 115 cm³/mol. The summed E-state index contributed by atoms with van der Waals surface area (Å²) in [5.41, 5.74) is 2.20. The second-order valence-corrected chi connectivity index (χ2v) is 7.18. The van der Waals surface area contributed by atoms with Crippen LogP contribution in [0.15, 0.2) is 59.7 Å². The topological polar surface area (TPSA) is 70.5 Å². The van der Waals surface area contributed by atoms with Crippen molar-refractivity contribution in [2.75, 3.05) is 42.9 Å². The first-order valence-electron chi connectivity index (χ1n) is 9.96. The number of carbonyl (C=O) groups is 1. The molecule has 3 aromatic rings. The molecule has 7 nitrogen and oxygen atoms in total. The third kappa shape index (κ3) is 4.14. The molecule has 1 saturated heterocycles. The summed E-state index contributed by atoms with van der Waals surface area (Å²) in [5, 5.41) is 3.49. The van der Waals surface area contributed by atoms with Crippen molar-refractivity contribution in [2.45, 2.75) is 13.5 Å². The van der Waals surface area contributed by atoms with E-state index < -0.39 is 0 Å². The number of para-hydroxylation sites is 3. The average Bonchev–Trinajstić information content (AvgIpc) is 2.76. The predicted octanol–water partition coefficient (Wildman–Crippen LogP) is 2.18. The number of likely N-dealkylation sites (N-methyl/N-ethyl adjacent to an activating group) is 1. The van der Waals surface area contributed by atoms with Crippen LogP contribution in [0.25, 0.3) is 10.9 Å². The minimum absolute atomic E-state index is 0.0748. The molecular formula is C22H25N5O2. The Bertz CT molecular complexity index is 1070. The Kier molecular flexibility index (Phi) is 5.57. The van der Waals surface area contributed by atoms with Crippen molar-refractivity contribution < 1.29 is 4.79 Å². The number of nitrogens with zero attached hydrogens (tertiary/aromatic N) is 4. The lowest BCUT2D eigenvalue weighted by Gasteiger charge is -2.36. The van der Waals surface area contributed by atoms with E-state index in [0.717, 1.165) is 44.1 Å². The molecule has 1 fully saturated rings. The molecule has 1 amide bonds. The zero-order chi connectivity index (χ0) is 20.2. The van der Waals surface area contributed by atoms with Gasteiger partial charge in [0.2, 0.25) is 5.91 Å². The third-order valence-electron chi connectivity index (χ3n) is 5.38. The van der Waals surface area contributed by atoms with E-state index in [-0.39, 0.29) is 18.0 Å². The number of fused-ring (bicyclic) bond motifs is 1. The summed E-state index contributed by atoms with van der Waals surface area (Å²) in [6.45, 7) is 7.03. The highest BCUT2D eigenvalue weighted by atomic mass is 16.2. The van der Waals surface area contributed by atoms with Gasteiger partial charge >= 0.3 is 0 Å². The summed E-state index contributed by atoms with van der Waals surface area (Å²) in [6.07, 6.45) is 1.43. The molecule has 7 heteroatoms. The number of piperazine rings is 1. The molecule has 150 valence electrons. The maximum absolute atomic E-state index is 12.7. The largest absolute Gasteiger partial charge is 0.367 e. The first kappa shape index (κ1) is 19.1. The Balaban J connectivity index is 1.50. The fourth-order valence-corrected chi connectivity index (χ4v) is 3.72. The number of carbonyl (C=O) groups excluding carboxylic acids is 1. The monoisotopic (exact) mass is 391 g/mol. The molecule has 1 aliphatic heterocycles. The van der Waals surface area contributed by atoms with Gasteiger partial charge in [-0.15, -0.1) is 0 Å². The molecule has 0 atom stereocenters. The Morgan fingerprint density at radius 1 is 1.03 bits per heavy atom. The molecule has 1 N–H and O–H groups in total. The van der Waals surface area contributed by atoms with Crippen LogP contribution in [-0.2, 0) is 11.3 Å². The standard InChI is InChI=1S/C22H25N5O2/c1-2-25-11-13-26(14-12-25)20-10-6-5-9-19(20)24-21(28)15-27-16-23-18-8-4-3-7-17(18)22(27)29/h3-10,16H,2,11-15H2,1H3,(H,24,28). The van der Waals surface area contributed by atoms with Gasteiger partial charge in [0.25, 0.3) is 5.56 Å². The van der Waals surface area contributed by atoms with Crippen LogP contribution < -0.4 is 15.8 Å². The van der Waals surface area contributed by atoms with E-state index >= 15 is 0 Å². The van der Waals surface area contributed by atoms with Crippen molar-refractivity contribution in [1.82, 2.24) is 14.5 Å². The third-order valence-corrected chi connectivity index (χ3v) is 5.38. The lowest BCUT2D eigenvalue weighted by Crippen LogP contribution is -2.46. The van der Waals surface area contributed by atoms with E-state index in [0.29, 0.717) is 10.9 Å². The molecule has 0 aliphatic carbocycles. The van der Waals surface area contributed by atoms with E-state index in [1.807, 2.05) is 30.3 Å². The van der Waals surface area contributed by atoms with Crippen LogP contribution in [0.5, 0.6) is 0 Å². The van der Waals surface area contributed by atoms with Crippen molar-refractivity contribution in [1.29, 1.82) is 0 Å². The van der Waals surface area contributed by atoms with Crippen LogP contribution in [0.2, 0.25) is 0 Å². The number of anilines is 2. The minimum atomic E-state index is -0.246. The van der Waals surface area contributed by atoms with E-state index in [4.69, 9.17) is 0 Å². The van der Waals surface area contributed by atoms with Gasteiger partial charge in [0.05, 0.1) is 28.6 Å². The molecule has 2 heterocycles. The van der Waals surface area contributed by atoms with Crippen LogP contribution in [0.1, 0.15) is 6.92 Å². The summed E-state index contributed by atoms with van der Waals surface area (Å²) < 4.78 is 1.35. The number of aromatic nitrogens is 2. The molecule has 2 aromatic carbocycles. The summed E-state index contributed by atoms with van der Waals surface area (Å²) in [4.78, 5) is 34.3. The van der Waals surface area contributed by atoms with Crippen molar-refractivity contribution in [3.8, 4) is 0 Å². The molecule has 0 spiro atoms. The van der Waals surface area contributed by atoms with Crippen LogP contribution in [0.4, 0.5) is 11.4 Å². The summed E-state index contributed by atoms with van der Waals surface area (Å²) in [6, 6.07) is 15.0. The van der Waals surface area contributed by atoms with Gasteiger partial charge in [-0.1, -0.05) is 31.2 Å². The molecule has 0 saturated carbocycles. The van der Waals surface area contributed by atoms with Gasteiger partial charge in [0.15, 0.2) is 0 Å². The SMILES string of the molecule is CCN1CCN(c2ccccc2NC(=O)Cn2cnc3ccccc3c2=O)CC1. The first-order chi connectivity index (χ1) is 14.2. The Morgan fingerprint density at radius 3 is 2.55 bits per heavy atom. The minimum Gasteiger partial charge on any atom is -0.367 e. The van der Waals surface area contributed by atoms with Gasteiger partial charge in [0.1, 0.15) is 6.54 Å². The zero-order valence-electron chi connectivity index (χ0n) is 16.5. The molecule has 4 rings (SSSR count). The smallest absolute Gasteiger partial charge is 0.261 e. The number of amides is 1. The first-order valence-corrected chi connectivity index (χ1v) is 9.96. The van der Waals surface area contributed by atoms with Gasteiger partial charge in [-0.3, -0.25) is 14.2 Å². The number of benzene rings is 2. The highest BCUT2D eigenvalue weighted by molar-refractivity contribution is 5.94. The second-order valence-electron chi connectivity index (χ2n) is 7.18. The van der Waals surface area contributed by atoms with Crippen LogP contribution >= 0.6 is 0 Å². The maximum Gasteiger partial charge on any atom is 0.261 e. The molecule has 29 heavy (non-hydrogen) atoms. The number of hydrogen-bond donors (Lipinski definition) is 1.